The summed E-state index contributed by atoms with van der Waals surface area (Å²) in [6.45, 7) is 12.1. The first-order chi connectivity index (χ1) is 11.3. The topological polar surface area (TPSA) is 93.5 Å². The van der Waals surface area contributed by atoms with Crippen molar-refractivity contribution in [2.24, 2.45) is 0 Å². The van der Waals surface area contributed by atoms with Crippen LogP contribution in [0.25, 0.3) is 0 Å². The van der Waals surface area contributed by atoms with Gasteiger partial charge in [-0.3, -0.25) is 14.3 Å². The first kappa shape index (κ1) is 20.0. The van der Waals surface area contributed by atoms with Crippen molar-refractivity contribution < 1.29 is 18.7 Å². The molecule has 142 valence electrons. The third-order valence-electron chi connectivity index (χ3n) is 5.08. The van der Waals surface area contributed by atoms with Crippen LogP contribution in [0.3, 0.4) is 0 Å². The number of halogens is 1. The molecule has 2 N–H and O–H groups in total. The summed E-state index contributed by atoms with van der Waals surface area (Å²) in [4.78, 5) is 25.1. The lowest BCUT2D eigenvalue weighted by atomic mass is 10.1. The van der Waals surface area contributed by atoms with Gasteiger partial charge in [0.05, 0.1) is 18.4 Å². The van der Waals surface area contributed by atoms with Gasteiger partial charge in [0.25, 0.3) is 5.56 Å². The van der Waals surface area contributed by atoms with Gasteiger partial charge < -0.3 is 14.3 Å². The van der Waals surface area contributed by atoms with Gasteiger partial charge in [-0.25, -0.2) is 4.79 Å². The van der Waals surface area contributed by atoms with Gasteiger partial charge in [0.15, 0.2) is 8.32 Å². The van der Waals surface area contributed by atoms with Crippen LogP contribution in [0.2, 0.25) is 18.1 Å². The predicted molar refractivity (Wildman–Crippen MR) is 93.6 cm³/mol. The van der Waals surface area contributed by atoms with E-state index in [1.165, 1.54) is 0 Å². The van der Waals surface area contributed by atoms with Crippen LogP contribution < -0.4 is 11.2 Å². The number of ether oxygens (including phenoxy) is 1. The lowest BCUT2D eigenvalue weighted by Gasteiger charge is -2.39. The maximum Gasteiger partial charge on any atom is 0.330 e. The molecule has 1 aliphatic rings. The third-order valence-corrected chi connectivity index (χ3v) is 9.58. The van der Waals surface area contributed by atoms with E-state index in [2.05, 4.69) is 33.9 Å². The molecule has 0 aliphatic carbocycles. The smallest absolute Gasteiger partial charge is 0.330 e. The molecule has 0 bridgehead atoms. The SMILES string of the molecule is C[C@H](O)[C@H]1O[C@@H](n2cc(F)c(=O)[nH]c2=O)C[C@@H]1O[Si](C)(C)C(C)(C)C. The third kappa shape index (κ3) is 4.10. The molecular weight excluding hydrogens is 347 g/mol. The quantitative estimate of drug-likeness (QED) is 0.783. The highest BCUT2D eigenvalue weighted by Gasteiger charge is 2.46. The van der Waals surface area contributed by atoms with Crippen LogP contribution >= 0.6 is 0 Å². The highest BCUT2D eigenvalue weighted by atomic mass is 28.4. The van der Waals surface area contributed by atoms with Crippen molar-refractivity contribution in [1.29, 1.82) is 0 Å². The van der Waals surface area contributed by atoms with Gasteiger partial charge in [-0.1, -0.05) is 20.8 Å². The highest BCUT2D eigenvalue weighted by molar-refractivity contribution is 6.74. The van der Waals surface area contributed by atoms with Crippen molar-refractivity contribution in [3.8, 4) is 0 Å². The van der Waals surface area contributed by atoms with Crippen molar-refractivity contribution >= 4 is 8.32 Å². The Kier molecular flexibility index (Phi) is 5.44. The van der Waals surface area contributed by atoms with E-state index >= 15 is 0 Å². The molecule has 4 atom stereocenters. The van der Waals surface area contributed by atoms with Crippen LogP contribution in [0.4, 0.5) is 4.39 Å². The number of aliphatic hydroxyl groups is 1. The summed E-state index contributed by atoms with van der Waals surface area (Å²) < 4.78 is 26.7. The summed E-state index contributed by atoms with van der Waals surface area (Å²) >= 11 is 0. The number of H-pyrrole nitrogens is 1. The number of aromatic amines is 1. The van der Waals surface area contributed by atoms with Gasteiger partial charge >= 0.3 is 5.69 Å². The monoisotopic (exact) mass is 374 g/mol. The molecule has 0 aromatic carbocycles. The molecule has 0 spiro atoms. The van der Waals surface area contributed by atoms with E-state index in [9.17, 15) is 19.1 Å². The number of aromatic nitrogens is 2. The Morgan fingerprint density at radius 3 is 2.56 bits per heavy atom. The van der Waals surface area contributed by atoms with Gasteiger partial charge in [0, 0.05) is 6.42 Å². The van der Waals surface area contributed by atoms with E-state index < -0.39 is 49.9 Å². The fourth-order valence-electron chi connectivity index (χ4n) is 2.61. The van der Waals surface area contributed by atoms with Gasteiger partial charge in [-0.2, -0.15) is 4.39 Å². The minimum absolute atomic E-state index is 0.0325. The molecule has 0 saturated carbocycles. The summed E-state index contributed by atoms with van der Waals surface area (Å²) in [5.41, 5.74) is -1.82. The average Bonchev–Trinajstić information content (AvgIpc) is 2.84. The molecule has 25 heavy (non-hydrogen) atoms. The van der Waals surface area contributed by atoms with Crippen molar-refractivity contribution in [1.82, 2.24) is 9.55 Å². The summed E-state index contributed by atoms with van der Waals surface area (Å²) in [5.74, 6) is -1.06. The number of hydrogen-bond acceptors (Lipinski definition) is 5. The van der Waals surface area contributed by atoms with E-state index in [0.717, 1.165) is 10.8 Å². The predicted octanol–water partition coefficient (Wildman–Crippen LogP) is 1.73. The van der Waals surface area contributed by atoms with E-state index in [1.54, 1.807) is 6.92 Å². The Hall–Kier alpha value is -1.29. The number of aliphatic hydroxyl groups excluding tert-OH is 1. The van der Waals surface area contributed by atoms with Gasteiger partial charge in [0.2, 0.25) is 5.82 Å². The molecule has 0 unspecified atom stereocenters. The first-order valence-corrected chi connectivity index (χ1v) is 11.3. The molecule has 1 fully saturated rings. The van der Waals surface area contributed by atoms with Crippen LogP contribution in [0.1, 0.15) is 40.3 Å². The Morgan fingerprint density at radius 1 is 1.44 bits per heavy atom. The lowest BCUT2D eigenvalue weighted by molar-refractivity contribution is -0.0752. The molecule has 7 nitrogen and oxygen atoms in total. The summed E-state index contributed by atoms with van der Waals surface area (Å²) in [5, 5.41) is 10.0. The molecule has 0 radical (unpaired) electrons. The molecule has 1 aromatic heterocycles. The van der Waals surface area contributed by atoms with E-state index in [-0.39, 0.29) is 11.5 Å². The first-order valence-electron chi connectivity index (χ1n) is 8.36. The molecule has 9 heteroatoms. The van der Waals surface area contributed by atoms with Crippen molar-refractivity contribution in [3.05, 3.63) is 32.9 Å². The van der Waals surface area contributed by atoms with Crippen LogP contribution in [-0.2, 0) is 9.16 Å². The Balaban J connectivity index is 2.31. The number of nitrogens with zero attached hydrogens (tertiary/aromatic N) is 1. The summed E-state index contributed by atoms with van der Waals surface area (Å²) in [6, 6.07) is 0. The lowest BCUT2D eigenvalue weighted by Crippen LogP contribution is -2.47. The zero-order valence-electron chi connectivity index (χ0n) is 15.5. The molecule has 2 heterocycles. The second-order valence-electron chi connectivity index (χ2n) is 8.09. The number of rotatable bonds is 4. The molecule has 2 rings (SSSR count). The summed E-state index contributed by atoms with van der Waals surface area (Å²) in [7, 11) is -2.13. The van der Waals surface area contributed by atoms with Crippen molar-refractivity contribution in [3.63, 3.8) is 0 Å². The molecule has 1 saturated heterocycles. The number of hydrogen-bond donors (Lipinski definition) is 2. The fraction of sp³-hybridized carbons (Fsp3) is 0.750. The van der Waals surface area contributed by atoms with E-state index in [0.29, 0.717) is 0 Å². The van der Waals surface area contributed by atoms with Crippen LogP contribution in [0.5, 0.6) is 0 Å². The highest BCUT2D eigenvalue weighted by Crippen LogP contribution is 2.41. The maximum absolute atomic E-state index is 13.6. The number of nitrogens with one attached hydrogen (secondary N) is 1. The second-order valence-corrected chi connectivity index (χ2v) is 12.8. The largest absolute Gasteiger partial charge is 0.411 e. The average molecular weight is 374 g/mol. The van der Waals surface area contributed by atoms with Gasteiger partial charge in [0.1, 0.15) is 12.3 Å². The van der Waals surface area contributed by atoms with Crippen LogP contribution in [0, 0.1) is 5.82 Å². The second kappa shape index (κ2) is 6.79. The van der Waals surface area contributed by atoms with Crippen molar-refractivity contribution in [2.75, 3.05) is 0 Å². The minimum Gasteiger partial charge on any atom is -0.411 e. The normalized spacial score (nSPS) is 26.0. The summed E-state index contributed by atoms with van der Waals surface area (Å²) in [6.07, 6.45) is -1.57. The van der Waals surface area contributed by atoms with E-state index in [1.807, 2.05) is 4.98 Å². The zero-order valence-corrected chi connectivity index (χ0v) is 16.5. The van der Waals surface area contributed by atoms with Gasteiger partial charge in [-0.15, -0.1) is 0 Å². The van der Waals surface area contributed by atoms with Gasteiger partial charge in [-0.05, 0) is 25.1 Å². The fourth-order valence-corrected chi connectivity index (χ4v) is 3.95. The molecule has 0 amide bonds. The standard InChI is InChI=1S/C16H27FN2O5Si/c1-9(20)13-11(24-25(5,6)16(2,3)4)7-12(23-13)19-8-10(17)14(21)18-15(19)22/h8-9,11-13,20H,7H2,1-6H3,(H,18,21,22)/t9-,11-,12+,13+/m0/s1. The molecular formula is C16H27FN2O5Si. The Bertz CT molecular complexity index is 737. The van der Waals surface area contributed by atoms with E-state index in [4.69, 9.17) is 9.16 Å². The molecule has 1 aromatic rings. The Morgan fingerprint density at radius 2 is 2.04 bits per heavy atom. The van der Waals surface area contributed by atoms with Crippen LogP contribution in [-0.4, -0.2) is 41.3 Å². The maximum atomic E-state index is 13.6. The Labute approximate surface area is 146 Å². The zero-order chi connectivity index (χ0) is 19.2. The minimum atomic E-state index is -2.13. The molecule has 1 aliphatic heterocycles. The van der Waals surface area contributed by atoms with Crippen LogP contribution in [0.15, 0.2) is 15.8 Å². The van der Waals surface area contributed by atoms with Crippen molar-refractivity contribution in [2.45, 2.75) is 76.8 Å².